The average Bonchev–Trinajstić information content (AvgIpc) is 2.30. The minimum absolute atomic E-state index is 0.327. The molecule has 84 valence electrons. The predicted octanol–water partition coefficient (Wildman–Crippen LogP) is 0.800. The molecule has 5 heteroatoms. The second-order valence-corrected chi connectivity index (χ2v) is 3.36. The molecule has 4 nitrogen and oxygen atoms in total. The van der Waals surface area contributed by atoms with Gasteiger partial charge in [0.1, 0.15) is 6.33 Å². The van der Waals surface area contributed by atoms with Crippen LogP contribution in [0.3, 0.4) is 0 Å². The molecule has 0 saturated carbocycles. The van der Waals surface area contributed by atoms with Crippen molar-refractivity contribution in [1.29, 1.82) is 0 Å². The Morgan fingerprint density at radius 1 is 1.41 bits per heavy atom. The molecule has 1 aromatic heterocycles. The minimum atomic E-state index is -0.680. The van der Waals surface area contributed by atoms with Gasteiger partial charge < -0.3 is 5.73 Å². The van der Waals surface area contributed by atoms with Crippen LogP contribution in [0.5, 0.6) is 0 Å². The van der Waals surface area contributed by atoms with E-state index in [9.17, 15) is 9.18 Å². The molecule has 0 fully saturated rings. The largest absolute Gasteiger partial charge is 0.359 e. The van der Waals surface area contributed by atoms with E-state index in [2.05, 4.69) is 21.8 Å². The molecular formula is C12H8FN3O. The van der Waals surface area contributed by atoms with Gasteiger partial charge in [-0.05, 0) is 23.6 Å². The Kier molecular flexibility index (Phi) is 2.97. The summed E-state index contributed by atoms with van der Waals surface area (Å²) in [5.41, 5.74) is 6.19. The first-order valence-electron chi connectivity index (χ1n) is 4.84. The van der Waals surface area contributed by atoms with Gasteiger partial charge in [0.25, 0.3) is 5.91 Å². The lowest BCUT2D eigenvalue weighted by atomic mass is 10.1. The summed E-state index contributed by atoms with van der Waals surface area (Å²) >= 11 is 0. The van der Waals surface area contributed by atoms with E-state index >= 15 is 0 Å². The Balaban J connectivity index is 2.35. The number of amides is 1. The number of fused-ring (bicyclic) bond motifs is 1. The standard InChI is InChI=1S/C12H8FN3O/c13-12-9-6-8(2-1-3-11(14)17)4-5-10(9)15-7-16-12/h4-7H,2H2,(H2,14,17). The van der Waals surface area contributed by atoms with Crippen molar-refractivity contribution in [2.45, 2.75) is 6.42 Å². The molecule has 0 radical (unpaired) electrons. The van der Waals surface area contributed by atoms with Crippen molar-refractivity contribution in [3.8, 4) is 11.8 Å². The first-order valence-corrected chi connectivity index (χ1v) is 4.84. The van der Waals surface area contributed by atoms with Crippen molar-refractivity contribution < 1.29 is 9.18 Å². The molecule has 1 heterocycles. The Morgan fingerprint density at radius 3 is 3.00 bits per heavy atom. The molecule has 0 aliphatic rings. The summed E-state index contributed by atoms with van der Waals surface area (Å²) in [4.78, 5) is 17.8. The van der Waals surface area contributed by atoms with Crippen LogP contribution in [-0.4, -0.2) is 15.9 Å². The van der Waals surface area contributed by atoms with E-state index in [1.165, 1.54) is 6.33 Å². The summed E-state index contributed by atoms with van der Waals surface area (Å²) in [6.45, 7) is 0. The summed E-state index contributed by atoms with van der Waals surface area (Å²) in [5, 5.41) is 0.339. The number of carbonyl (C=O) groups is 1. The maximum Gasteiger partial charge on any atom is 0.293 e. The van der Waals surface area contributed by atoms with E-state index in [1.54, 1.807) is 18.2 Å². The van der Waals surface area contributed by atoms with Gasteiger partial charge in [-0.1, -0.05) is 12.0 Å². The van der Waals surface area contributed by atoms with E-state index in [0.29, 0.717) is 17.3 Å². The van der Waals surface area contributed by atoms with E-state index in [-0.39, 0.29) is 0 Å². The van der Waals surface area contributed by atoms with Gasteiger partial charge in [-0.15, -0.1) is 0 Å². The SMILES string of the molecule is NC(=O)C#CCc1ccc2ncnc(F)c2c1. The second-order valence-electron chi connectivity index (χ2n) is 3.36. The molecule has 0 aliphatic carbocycles. The molecular weight excluding hydrogens is 221 g/mol. The molecule has 0 saturated heterocycles. The van der Waals surface area contributed by atoms with E-state index in [0.717, 1.165) is 5.56 Å². The van der Waals surface area contributed by atoms with Crippen LogP contribution >= 0.6 is 0 Å². The Morgan fingerprint density at radius 2 is 2.24 bits per heavy atom. The number of hydrogen-bond acceptors (Lipinski definition) is 3. The molecule has 1 amide bonds. The van der Waals surface area contributed by atoms with Gasteiger partial charge in [0.05, 0.1) is 10.9 Å². The summed E-state index contributed by atoms with van der Waals surface area (Å²) < 4.78 is 13.4. The molecule has 0 spiro atoms. The quantitative estimate of drug-likeness (QED) is 0.581. The van der Waals surface area contributed by atoms with Gasteiger partial charge >= 0.3 is 0 Å². The van der Waals surface area contributed by atoms with Crippen LogP contribution < -0.4 is 5.73 Å². The Bertz CT molecular complexity index is 643. The van der Waals surface area contributed by atoms with E-state index < -0.39 is 11.9 Å². The number of aromatic nitrogens is 2. The number of carbonyl (C=O) groups excluding carboxylic acids is 1. The topological polar surface area (TPSA) is 68.9 Å². The van der Waals surface area contributed by atoms with Gasteiger partial charge in [0, 0.05) is 6.42 Å². The van der Waals surface area contributed by atoms with Crippen LogP contribution in [0.2, 0.25) is 0 Å². The van der Waals surface area contributed by atoms with Crippen molar-refractivity contribution in [3.63, 3.8) is 0 Å². The molecule has 2 N–H and O–H groups in total. The minimum Gasteiger partial charge on any atom is -0.359 e. The summed E-state index contributed by atoms with van der Waals surface area (Å²) in [7, 11) is 0. The number of rotatable bonds is 1. The molecule has 17 heavy (non-hydrogen) atoms. The normalized spacial score (nSPS) is 9.71. The molecule has 0 unspecified atom stereocenters. The zero-order valence-electron chi connectivity index (χ0n) is 8.77. The Labute approximate surface area is 96.7 Å². The fraction of sp³-hybridized carbons (Fsp3) is 0.0833. The van der Waals surface area contributed by atoms with Crippen LogP contribution in [0.1, 0.15) is 5.56 Å². The highest BCUT2D eigenvalue weighted by Crippen LogP contribution is 2.15. The van der Waals surface area contributed by atoms with Crippen molar-refractivity contribution in [2.24, 2.45) is 5.73 Å². The molecule has 0 atom stereocenters. The average molecular weight is 229 g/mol. The van der Waals surface area contributed by atoms with Gasteiger partial charge in [-0.2, -0.15) is 4.39 Å². The van der Waals surface area contributed by atoms with Crippen molar-refractivity contribution in [2.75, 3.05) is 0 Å². The zero-order valence-corrected chi connectivity index (χ0v) is 8.77. The molecule has 2 rings (SSSR count). The van der Waals surface area contributed by atoms with Crippen molar-refractivity contribution in [3.05, 3.63) is 36.0 Å². The fourth-order valence-corrected chi connectivity index (χ4v) is 1.42. The lowest BCUT2D eigenvalue weighted by Crippen LogP contribution is -2.06. The number of hydrogen-bond donors (Lipinski definition) is 1. The first kappa shape index (κ1) is 11.0. The maximum absolute atomic E-state index is 13.4. The van der Waals surface area contributed by atoms with Gasteiger partial charge in [-0.25, -0.2) is 9.97 Å². The molecule has 1 aromatic carbocycles. The molecule has 2 aromatic rings. The summed E-state index contributed by atoms with van der Waals surface area (Å²) in [5.74, 6) is 3.57. The van der Waals surface area contributed by atoms with Crippen LogP contribution in [0.15, 0.2) is 24.5 Å². The van der Waals surface area contributed by atoms with Crippen LogP contribution in [0.25, 0.3) is 10.9 Å². The third-order valence-electron chi connectivity index (χ3n) is 2.16. The predicted molar refractivity (Wildman–Crippen MR) is 60.2 cm³/mol. The first-order chi connectivity index (χ1) is 8.16. The van der Waals surface area contributed by atoms with E-state index in [4.69, 9.17) is 5.73 Å². The smallest absolute Gasteiger partial charge is 0.293 e. The van der Waals surface area contributed by atoms with Gasteiger partial charge in [0.2, 0.25) is 5.95 Å². The Hall–Kier alpha value is -2.48. The van der Waals surface area contributed by atoms with Gasteiger partial charge in [0.15, 0.2) is 0 Å². The number of nitrogens with zero attached hydrogens (tertiary/aromatic N) is 2. The second kappa shape index (κ2) is 4.58. The monoisotopic (exact) mass is 229 g/mol. The summed E-state index contributed by atoms with van der Waals surface area (Å²) in [6.07, 6.45) is 1.50. The van der Waals surface area contributed by atoms with Crippen LogP contribution in [0.4, 0.5) is 4.39 Å². The number of primary amides is 1. The van der Waals surface area contributed by atoms with Crippen molar-refractivity contribution in [1.82, 2.24) is 9.97 Å². The summed E-state index contributed by atoms with van der Waals surface area (Å²) in [6, 6.07) is 5.06. The third kappa shape index (κ3) is 2.55. The fourth-order valence-electron chi connectivity index (χ4n) is 1.42. The lowest BCUT2D eigenvalue weighted by Gasteiger charge is -1.99. The van der Waals surface area contributed by atoms with Crippen LogP contribution in [-0.2, 0) is 11.2 Å². The third-order valence-corrected chi connectivity index (χ3v) is 2.16. The molecule has 0 aliphatic heterocycles. The van der Waals surface area contributed by atoms with Crippen molar-refractivity contribution >= 4 is 16.8 Å². The number of benzene rings is 1. The highest BCUT2D eigenvalue weighted by Gasteiger charge is 2.03. The van der Waals surface area contributed by atoms with Crippen LogP contribution in [0, 0.1) is 17.8 Å². The maximum atomic E-state index is 13.4. The highest BCUT2D eigenvalue weighted by molar-refractivity contribution is 5.92. The zero-order chi connectivity index (χ0) is 12.3. The van der Waals surface area contributed by atoms with E-state index in [1.807, 2.05) is 0 Å². The molecule has 0 bridgehead atoms. The van der Waals surface area contributed by atoms with Gasteiger partial charge in [-0.3, -0.25) is 4.79 Å². The number of halogens is 1. The highest BCUT2D eigenvalue weighted by atomic mass is 19.1. The number of nitrogens with two attached hydrogens (primary N) is 1. The lowest BCUT2D eigenvalue weighted by molar-refractivity contribution is -0.112.